The third-order valence-electron chi connectivity index (χ3n) is 4.87. The number of carbonyl (C=O) groups is 1. The number of amides is 1. The van der Waals surface area contributed by atoms with Crippen LogP contribution in [0.5, 0.6) is 0 Å². The van der Waals surface area contributed by atoms with Crippen molar-refractivity contribution in [1.82, 2.24) is 9.78 Å². The van der Waals surface area contributed by atoms with E-state index in [0.717, 1.165) is 24.0 Å². The molecule has 1 heterocycles. The van der Waals surface area contributed by atoms with Crippen LogP contribution in [-0.2, 0) is 25.1 Å². The lowest BCUT2D eigenvalue weighted by molar-refractivity contribution is -0.144. The van der Waals surface area contributed by atoms with E-state index >= 15 is 0 Å². The fourth-order valence-electron chi connectivity index (χ4n) is 3.62. The van der Waals surface area contributed by atoms with Crippen LogP contribution in [0.1, 0.15) is 53.1 Å². The minimum Gasteiger partial charge on any atom is -0.322 e. The Morgan fingerprint density at radius 3 is 2.64 bits per heavy atom. The van der Waals surface area contributed by atoms with Crippen LogP contribution in [0.15, 0.2) is 18.2 Å². The summed E-state index contributed by atoms with van der Waals surface area (Å²) in [4.78, 5) is 12.6. The molecule has 1 aromatic carbocycles. The number of nitrogens with zero attached hydrogens (tertiary/aromatic N) is 2. The monoisotopic (exact) mass is 351 g/mol. The Labute approximate surface area is 144 Å². The minimum atomic E-state index is -4.65. The Morgan fingerprint density at radius 2 is 2.00 bits per heavy atom. The van der Waals surface area contributed by atoms with E-state index in [9.17, 15) is 18.0 Å². The Balaban J connectivity index is 2.00. The van der Waals surface area contributed by atoms with Crippen molar-refractivity contribution in [2.75, 3.05) is 5.32 Å². The van der Waals surface area contributed by atoms with Crippen molar-refractivity contribution < 1.29 is 18.0 Å². The maximum absolute atomic E-state index is 13.3. The molecule has 0 spiro atoms. The molecule has 1 aliphatic carbocycles. The van der Waals surface area contributed by atoms with Crippen LogP contribution in [-0.4, -0.2) is 15.7 Å². The molecule has 2 aromatic rings. The molecule has 3 rings (SSSR count). The smallest absolute Gasteiger partial charge is 0.322 e. The molecule has 0 atom stereocenters. The molecular weight excluding hydrogens is 331 g/mol. The van der Waals surface area contributed by atoms with Gasteiger partial charge < -0.3 is 5.32 Å². The normalized spacial score (nSPS) is 16.0. The van der Waals surface area contributed by atoms with Gasteiger partial charge in [0.15, 0.2) is 5.69 Å². The third kappa shape index (κ3) is 2.92. The summed E-state index contributed by atoms with van der Waals surface area (Å²) in [5.41, 5.74) is 1.29. The number of benzene rings is 1. The van der Waals surface area contributed by atoms with E-state index in [4.69, 9.17) is 0 Å². The molecule has 1 aromatic heterocycles. The molecular formula is C18H20F3N3O. The molecule has 0 radical (unpaired) electrons. The number of carbonyl (C=O) groups excluding carboxylic acids is 1. The first-order chi connectivity index (χ1) is 11.5. The van der Waals surface area contributed by atoms with E-state index in [1.165, 1.54) is 14.0 Å². The summed E-state index contributed by atoms with van der Waals surface area (Å²) < 4.78 is 40.6. The van der Waals surface area contributed by atoms with Gasteiger partial charge in [-0.25, -0.2) is 0 Å². The van der Waals surface area contributed by atoms with Gasteiger partial charge in [-0.3, -0.25) is 9.48 Å². The third-order valence-corrected chi connectivity index (χ3v) is 4.87. The van der Waals surface area contributed by atoms with Crippen molar-refractivity contribution in [2.24, 2.45) is 7.05 Å². The number of nitrogens with one attached hydrogen (secondary N) is 1. The van der Waals surface area contributed by atoms with Crippen molar-refractivity contribution in [2.45, 2.75) is 45.2 Å². The molecule has 7 heteroatoms. The average Bonchev–Trinajstić information content (AvgIpc) is 2.96. The average molecular weight is 351 g/mol. The van der Waals surface area contributed by atoms with Crippen molar-refractivity contribution >= 4 is 11.6 Å². The van der Waals surface area contributed by atoms with Gasteiger partial charge in [0.1, 0.15) is 0 Å². The largest absolute Gasteiger partial charge is 0.433 e. The molecule has 0 unspecified atom stereocenters. The quantitative estimate of drug-likeness (QED) is 0.880. The van der Waals surface area contributed by atoms with E-state index < -0.39 is 23.3 Å². The maximum atomic E-state index is 13.3. The highest BCUT2D eigenvalue weighted by molar-refractivity contribution is 6.06. The van der Waals surface area contributed by atoms with Gasteiger partial charge in [0, 0.05) is 12.7 Å². The first-order valence-corrected chi connectivity index (χ1v) is 8.07. The number of aromatic nitrogens is 2. The molecule has 0 saturated heterocycles. The Bertz CT molecular complexity index is 850. The second-order valence-corrected chi connectivity index (χ2v) is 7.10. The summed E-state index contributed by atoms with van der Waals surface area (Å²) >= 11 is 0. The predicted molar refractivity (Wildman–Crippen MR) is 88.7 cm³/mol. The number of anilines is 1. The van der Waals surface area contributed by atoms with Gasteiger partial charge in [0.2, 0.25) is 0 Å². The van der Waals surface area contributed by atoms with Crippen molar-refractivity contribution in [3.8, 4) is 0 Å². The van der Waals surface area contributed by atoms with E-state index in [1.54, 1.807) is 6.07 Å². The molecule has 0 fully saturated rings. The minimum absolute atomic E-state index is 0.00256. The molecule has 0 aliphatic heterocycles. The Morgan fingerprint density at radius 1 is 1.32 bits per heavy atom. The van der Waals surface area contributed by atoms with Gasteiger partial charge >= 0.3 is 6.18 Å². The molecule has 1 aliphatic rings. The number of hydrogen-bond donors (Lipinski definition) is 1. The van der Waals surface area contributed by atoms with E-state index in [0.29, 0.717) is 10.4 Å². The van der Waals surface area contributed by atoms with Gasteiger partial charge in [0.05, 0.1) is 11.3 Å². The Kier molecular flexibility index (Phi) is 3.93. The van der Waals surface area contributed by atoms with Crippen LogP contribution in [0, 0.1) is 6.92 Å². The van der Waals surface area contributed by atoms with E-state index in [1.807, 2.05) is 12.1 Å². The second kappa shape index (κ2) is 5.61. The molecule has 4 nitrogen and oxygen atoms in total. The maximum Gasteiger partial charge on any atom is 0.433 e. The zero-order valence-electron chi connectivity index (χ0n) is 14.6. The zero-order chi connectivity index (χ0) is 18.6. The van der Waals surface area contributed by atoms with Gasteiger partial charge in [-0.1, -0.05) is 26.0 Å². The highest BCUT2D eigenvalue weighted by Gasteiger charge is 2.41. The lowest BCUT2D eigenvalue weighted by Crippen LogP contribution is -2.21. The van der Waals surface area contributed by atoms with Gasteiger partial charge in [-0.15, -0.1) is 0 Å². The van der Waals surface area contributed by atoms with Gasteiger partial charge in [0.25, 0.3) is 5.91 Å². The summed E-state index contributed by atoms with van der Waals surface area (Å²) in [5.74, 6) is -0.781. The fraction of sp³-hybridized carbons (Fsp3) is 0.444. The molecule has 134 valence electrons. The van der Waals surface area contributed by atoms with Crippen LogP contribution >= 0.6 is 0 Å². The molecule has 25 heavy (non-hydrogen) atoms. The number of aryl methyl sites for hydroxylation is 2. The topological polar surface area (TPSA) is 46.9 Å². The molecule has 1 N–H and O–H groups in total. The zero-order valence-corrected chi connectivity index (χ0v) is 14.6. The summed E-state index contributed by atoms with van der Waals surface area (Å²) in [6.45, 7) is 5.65. The van der Waals surface area contributed by atoms with Crippen LogP contribution in [0.25, 0.3) is 0 Å². The van der Waals surface area contributed by atoms with Gasteiger partial charge in [-0.2, -0.15) is 18.3 Å². The van der Waals surface area contributed by atoms with Crippen LogP contribution in [0.3, 0.4) is 0 Å². The lowest BCUT2D eigenvalue weighted by Gasteiger charge is -2.19. The molecule has 0 saturated carbocycles. The number of hydrogen-bond acceptors (Lipinski definition) is 2. The van der Waals surface area contributed by atoms with Crippen molar-refractivity contribution in [3.63, 3.8) is 0 Å². The first kappa shape index (κ1) is 17.5. The number of fused-ring (bicyclic) bond motifs is 1. The predicted octanol–water partition coefficient (Wildman–Crippen LogP) is 4.22. The van der Waals surface area contributed by atoms with Crippen molar-refractivity contribution in [3.05, 3.63) is 46.3 Å². The summed E-state index contributed by atoms with van der Waals surface area (Å²) in [5, 5.41) is 6.44. The van der Waals surface area contributed by atoms with Gasteiger partial charge in [-0.05, 0) is 42.4 Å². The summed E-state index contributed by atoms with van der Waals surface area (Å²) in [7, 11) is 1.19. The number of alkyl halides is 3. The van der Waals surface area contributed by atoms with E-state index in [-0.39, 0.29) is 11.1 Å². The van der Waals surface area contributed by atoms with E-state index in [2.05, 4.69) is 24.3 Å². The first-order valence-electron chi connectivity index (χ1n) is 8.07. The number of rotatable bonds is 2. The van der Waals surface area contributed by atoms with Crippen LogP contribution < -0.4 is 5.32 Å². The number of halogens is 3. The second-order valence-electron chi connectivity index (χ2n) is 7.10. The molecule has 1 amide bonds. The Hall–Kier alpha value is -2.31. The summed E-state index contributed by atoms with van der Waals surface area (Å²) in [6, 6.07) is 5.56. The lowest BCUT2D eigenvalue weighted by atomic mass is 9.86. The van der Waals surface area contributed by atoms with Crippen LogP contribution in [0.2, 0.25) is 0 Å². The fourth-order valence-corrected chi connectivity index (χ4v) is 3.62. The SMILES string of the molecule is Cc1nn(C)c(C(F)(F)F)c1C(=O)Nc1cccc2c1CCC2(C)C. The van der Waals surface area contributed by atoms with Crippen molar-refractivity contribution in [1.29, 1.82) is 0 Å². The highest BCUT2D eigenvalue weighted by Crippen LogP contribution is 2.41. The molecule has 0 bridgehead atoms. The highest BCUT2D eigenvalue weighted by atomic mass is 19.4. The standard InChI is InChI=1S/C18H20F3N3O/c1-10-14(15(18(19,20)21)24(4)23-10)16(25)22-13-7-5-6-12-11(13)8-9-17(12,2)3/h5-7H,8-9H2,1-4H3,(H,22,25). The van der Waals surface area contributed by atoms with Crippen LogP contribution in [0.4, 0.5) is 18.9 Å². The summed E-state index contributed by atoms with van der Waals surface area (Å²) in [6.07, 6.45) is -2.92.